The number of carbonyl (C=O) groups excluding carboxylic acids is 1. The molecule has 26 heavy (non-hydrogen) atoms. The predicted molar refractivity (Wildman–Crippen MR) is 103 cm³/mol. The Morgan fingerprint density at radius 1 is 1.08 bits per heavy atom. The quantitative estimate of drug-likeness (QED) is 0.683. The SMILES string of the molecule is CCN(C(=O)C(C)Oc1ccc(C#N)cc1)c1cccc2ccccc12. The Morgan fingerprint density at radius 3 is 2.46 bits per heavy atom. The zero-order valence-electron chi connectivity index (χ0n) is 14.8. The van der Waals surface area contributed by atoms with E-state index in [1.165, 1.54) is 0 Å². The molecule has 0 N–H and O–H groups in total. The summed E-state index contributed by atoms with van der Waals surface area (Å²) in [6.45, 7) is 4.25. The van der Waals surface area contributed by atoms with Crippen LogP contribution in [0.3, 0.4) is 0 Å². The van der Waals surface area contributed by atoms with Gasteiger partial charge in [-0.2, -0.15) is 5.26 Å². The fourth-order valence-electron chi connectivity index (χ4n) is 2.97. The van der Waals surface area contributed by atoms with E-state index in [4.69, 9.17) is 10.00 Å². The van der Waals surface area contributed by atoms with E-state index in [-0.39, 0.29) is 5.91 Å². The summed E-state index contributed by atoms with van der Waals surface area (Å²) in [5, 5.41) is 11.0. The lowest BCUT2D eigenvalue weighted by atomic mass is 10.1. The highest BCUT2D eigenvalue weighted by molar-refractivity contribution is 6.05. The summed E-state index contributed by atoms with van der Waals surface area (Å²) >= 11 is 0. The number of rotatable bonds is 5. The van der Waals surface area contributed by atoms with Crippen molar-refractivity contribution in [3.63, 3.8) is 0 Å². The highest BCUT2D eigenvalue weighted by Crippen LogP contribution is 2.27. The highest BCUT2D eigenvalue weighted by Gasteiger charge is 2.23. The van der Waals surface area contributed by atoms with E-state index in [1.54, 1.807) is 36.1 Å². The molecular weight excluding hydrogens is 324 g/mol. The summed E-state index contributed by atoms with van der Waals surface area (Å²) < 4.78 is 5.79. The Kier molecular flexibility index (Phi) is 5.19. The highest BCUT2D eigenvalue weighted by atomic mass is 16.5. The van der Waals surface area contributed by atoms with Crippen LogP contribution in [-0.4, -0.2) is 18.6 Å². The van der Waals surface area contributed by atoms with E-state index in [0.29, 0.717) is 17.9 Å². The Bertz CT molecular complexity index is 953. The molecule has 0 aliphatic carbocycles. The Labute approximate surface area is 153 Å². The molecule has 4 heteroatoms. The minimum atomic E-state index is -0.637. The summed E-state index contributed by atoms with van der Waals surface area (Å²) in [5.41, 5.74) is 1.44. The van der Waals surface area contributed by atoms with E-state index in [1.807, 2.05) is 49.4 Å². The van der Waals surface area contributed by atoms with Crippen molar-refractivity contribution >= 4 is 22.4 Å². The number of fused-ring (bicyclic) bond motifs is 1. The third-order valence-corrected chi connectivity index (χ3v) is 4.28. The average molecular weight is 344 g/mol. The molecule has 4 nitrogen and oxygen atoms in total. The number of benzene rings is 3. The molecule has 0 fully saturated rings. The first-order chi connectivity index (χ1) is 12.6. The van der Waals surface area contributed by atoms with Gasteiger partial charge in [0.15, 0.2) is 6.10 Å². The Balaban J connectivity index is 1.84. The monoisotopic (exact) mass is 344 g/mol. The van der Waals surface area contributed by atoms with E-state index in [9.17, 15) is 4.79 Å². The minimum Gasteiger partial charge on any atom is -0.481 e. The number of amides is 1. The molecule has 3 rings (SSSR count). The maximum atomic E-state index is 13.0. The third kappa shape index (κ3) is 3.52. The van der Waals surface area contributed by atoms with Gasteiger partial charge in [0.05, 0.1) is 17.3 Å². The van der Waals surface area contributed by atoms with Crippen LogP contribution in [-0.2, 0) is 4.79 Å². The van der Waals surface area contributed by atoms with Gasteiger partial charge in [0.2, 0.25) is 0 Å². The van der Waals surface area contributed by atoms with Gasteiger partial charge in [0.1, 0.15) is 5.75 Å². The number of hydrogen-bond donors (Lipinski definition) is 0. The van der Waals surface area contributed by atoms with Crippen molar-refractivity contribution in [2.45, 2.75) is 20.0 Å². The van der Waals surface area contributed by atoms with E-state index >= 15 is 0 Å². The van der Waals surface area contributed by atoms with Crippen LogP contribution in [0.4, 0.5) is 5.69 Å². The van der Waals surface area contributed by atoms with Gasteiger partial charge < -0.3 is 9.64 Å². The number of carbonyl (C=O) groups is 1. The number of anilines is 1. The maximum Gasteiger partial charge on any atom is 0.267 e. The number of nitriles is 1. The summed E-state index contributed by atoms with van der Waals surface area (Å²) in [5.74, 6) is 0.465. The van der Waals surface area contributed by atoms with Gasteiger partial charge in [-0.3, -0.25) is 4.79 Å². The van der Waals surface area contributed by atoms with E-state index < -0.39 is 6.10 Å². The molecule has 0 heterocycles. The molecule has 1 amide bonds. The van der Waals surface area contributed by atoms with Gasteiger partial charge in [-0.1, -0.05) is 36.4 Å². The van der Waals surface area contributed by atoms with E-state index in [0.717, 1.165) is 16.5 Å². The van der Waals surface area contributed by atoms with Crippen LogP contribution in [0, 0.1) is 11.3 Å². The number of ether oxygens (including phenoxy) is 1. The second-order valence-corrected chi connectivity index (χ2v) is 5.98. The Hall–Kier alpha value is -3.32. The van der Waals surface area contributed by atoms with Crippen LogP contribution < -0.4 is 9.64 Å². The largest absolute Gasteiger partial charge is 0.481 e. The zero-order valence-corrected chi connectivity index (χ0v) is 14.8. The van der Waals surface area contributed by atoms with Gasteiger partial charge in [-0.25, -0.2) is 0 Å². The molecule has 130 valence electrons. The Morgan fingerprint density at radius 2 is 1.77 bits per heavy atom. The summed E-state index contributed by atoms with van der Waals surface area (Å²) in [4.78, 5) is 14.7. The van der Waals surface area contributed by atoms with Gasteiger partial charge in [-0.05, 0) is 49.6 Å². The molecule has 0 aromatic heterocycles. The zero-order chi connectivity index (χ0) is 18.5. The smallest absolute Gasteiger partial charge is 0.267 e. The molecule has 1 atom stereocenters. The second-order valence-electron chi connectivity index (χ2n) is 5.98. The van der Waals surface area contributed by atoms with Crippen LogP contribution in [0.2, 0.25) is 0 Å². The van der Waals surface area contributed by atoms with E-state index in [2.05, 4.69) is 6.07 Å². The summed E-state index contributed by atoms with van der Waals surface area (Å²) in [6.07, 6.45) is -0.637. The molecule has 0 saturated heterocycles. The molecular formula is C22H20N2O2. The van der Waals surface area contributed by atoms with Gasteiger partial charge in [-0.15, -0.1) is 0 Å². The van der Waals surface area contributed by atoms with Crippen molar-refractivity contribution < 1.29 is 9.53 Å². The minimum absolute atomic E-state index is 0.104. The van der Waals surface area contributed by atoms with Crippen molar-refractivity contribution in [3.05, 3.63) is 72.3 Å². The lowest BCUT2D eigenvalue weighted by Gasteiger charge is -2.26. The molecule has 1 unspecified atom stereocenters. The fourth-order valence-corrected chi connectivity index (χ4v) is 2.97. The fraction of sp³-hybridized carbons (Fsp3) is 0.182. The molecule has 0 bridgehead atoms. The molecule has 3 aromatic rings. The number of likely N-dealkylation sites (N-methyl/N-ethyl adjacent to an activating group) is 1. The van der Waals surface area contributed by atoms with Crippen LogP contribution in [0.15, 0.2) is 66.7 Å². The van der Waals surface area contributed by atoms with Crippen LogP contribution >= 0.6 is 0 Å². The summed E-state index contributed by atoms with van der Waals surface area (Å²) in [7, 11) is 0. The third-order valence-electron chi connectivity index (χ3n) is 4.28. The number of hydrogen-bond acceptors (Lipinski definition) is 3. The second kappa shape index (κ2) is 7.71. The predicted octanol–water partition coefficient (Wildman–Crippen LogP) is 4.53. The van der Waals surface area contributed by atoms with Gasteiger partial charge >= 0.3 is 0 Å². The molecule has 0 radical (unpaired) electrons. The first-order valence-electron chi connectivity index (χ1n) is 8.60. The average Bonchev–Trinajstić information content (AvgIpc) is 2.69. The van der Waals surface area contributed by atoms with Crippen molar-refractivity contribution in [1.82, 2.24) is 0 Å². The lowest BCUT2D eigenvalue weighted by molar-refractivity contribution is -0.124. The van der Waals surface area contributed by atoms with Crippen molar-refractivity contribution in [1.29, 1.82) is 5.26 Å². The van der Waals surface area contributed by atoms with Gasteiger partial charge in [0.25, 0.3) is 5.91 Å². The molecule has 3 aromatic carbocycles. The van der Waals surface area contributed by atoms with Crippen LogP contribution in [0.1, 0.15) is 19.4 Å². The standard InChI is InChI=1S/C22H20N2O2/c1-3-24(21-10-6-8-18-7-4-5-9-20(18)21)22(25)16(2)26-19-13-11-17(15-23)12-14-19/h4-14,16H,3H2,1-2H3. The number of nitrogens with zero attached hydrogens (tertiary/aromatic N) is 2. The topological polar surface area (TPSA) is 53.3 Å². The van der Waals surface area contributed by atoms with Crippen LogP contribution in [0.5, 0.6) is 5.75 Å². The van der Waals surface area contributed by atoms with Crippen molar-refractivity contribution in [2.75, 3.05) is 11.4 Å². The molecule has 0 saturated carbocycles. The lowest BCUT2D eigenvalue weighted by Crippen LogP contribution is -2.40. The molecule has 0 aliphatic rings. The summed E-state index contributed by atoms with van der Waals surface area (Å²) in [6, 6.07) is 22.8. The molecule has 0 aliphatic heterocycles. The molecule has 0 spiro atoms. The van der Waals surface area contributed by atoms with Crippen LogP contribution in [0.25, 0.3) is 10.8 Å². The first kappa shape index (κ1) is 17.5. The van der Waals surface area contributed by atoms with Crippen molar-refractivity contribution in [3.8, 4) is 11.8 Å². The van der Waals surface area contributed by atoms with Gasteiger partial charge in [0, 0.05) is 11.9 Å². The normalized spacial score (nSPS) is 11.6. The van der Waals surface area contributed by atoms with Crippen molar-refractivity contribution in [2.24, 2.45) is 0 Å². The maximum absolute atomic E-state index is 13.0. The first-order valence-corrected chi connectivity index (χ1v) is 8.60.